The van der Waals surface area contributed by atoms with Gasteiger partial charge in [0.05, 0.1) is 5.92 Å². The minimum Gasteiger partial charge on any atom is -0.329 e. The molecule has 1 heterocycles. The van der Waals surface area contributed by atoms with Crippen molar-refractivity contribution in [3.8, 4) is 0 Å². The number of carbonyl (C=O) groups is 1. The summed E-state index contributed by atoms with van der Waals surface area (Å²) < 4.78 is 0. The maximum atomic E-state index is 11.4. The van der Waals surface area contributed by atoms with Crippen molar-refractivity contribution in [1.82, 2.24) is 5.32 Å². The van der Waals surface area contributed by atoms with Gasteiger partial charge in [0, 0.05) is 12.2 Å². The van der Waals surface area contributed by atoms with E-state index in [-0.39, 0.29) is 11.8 Å². The topological polar surface area (TPSA) is 55.1 Å². The van der Waals surface area contributed by atoms with E-state index in [4.69, 9.17) is 5.73 Å². The summed E-state index contributed by atoms with van der Waals surface area (Å²) in [6.45, 7) is 5.77. The van der Waals surface area contributed by atoms with Crippen LogP contribution in [-0.2, 0) is 4.79 Å². The second-order valence-corrected chi connectivity index (χ2v) is 3.01. The third kappa shape index (κ3) is 2.06. The monoisotopic (exact) mass is 178 g/mol. The Bertz CT molecular complexity index is 289. The van der Waals surface area contributed by atoms with Crippen LogP contribution in [0.15, 0.2) is 36.1 Å². The third-order valence-electron chi connectivity index (χ3n) is 1.97. The number of allylic oxidation sites excluding steroid dienone is 4. The van der Waals surface area contributed by atoms with Gasteiger partial charge in [-0.1, -0.05) is 18.7 Å². The number of amides is 1. The van der Waals surface area contributed by atoms with Crippen LogP contribution in [0.3, 0.4) is 0 Å². The Morgan fingerprint density at radius 3 is 3.00 bits per heavy atom. The van der Waals surface area contributed by atoms with E-state index in [1.54, 1.807) is 6.08 Å². The number of rotatable bonds is 2. The molecule has 1 amide bonds. The molecule has 0 aromatic rings. The molecule has 3 nitrogen and oxygen atoms in total. The molecule has 1 unspecified atom stereocenters. The summed E-state index contributed by atoms with van der Waals surface area (Å²) in [5.41, 5.74) is 7.27. The molecule has 0 fully saturated rings. The minimum absolute atomic E-state index is 0.0319. The summed E-state index contributed by atoms with van der Waals surface area (Å²) in [7, 11) is 0. The smallest absolute Gasteiger partial charge is 0.232 e. The van der Waals surface area contributed by atoms with Gasteiger partial charge < -0.3 is 11.1 Å². The fourth-order valence-electron chi connectivity index (χ4n) is 1.36. The lowest BCUT2D eigenvalue weighted by atomic mass is 9.94. The molecule has 0 radical (unpaired) electrons. The van der Waals surface area contributed by atoms with E-state index < -0.39 is 0 Å². The summed E-state index contributed by atoms with van der Waals surface area (Å²) in [6.07, 6.45) is 5.40. The fraction of sp³-hybridized carbons (Fsp3) is 0.300. The van der Waals surface area contributed by atoms with Gasteiger partial charge in [-0.2, -0.15) is 0 Å². The average Bonchev–Trinajstić information content (AvgIpc) is 2.04. The van der Waals surface area contributed by atoms with Crippen molar-refractivity contribution in [2.75, 3.05) is 6.54 Å². The molecule has 0 aliphatic carbocycles. The first-order valence-corrected chi connectivity index (χ1v) is 4.21. The molecule has 0 spiro atoms. The molecule has 3 N–H and O–H groups in total. The molecule has 13 heavy (non-hydrogen) atoms. The van der Waals surface area contributed by atoms with Gasteiger partial charge in [0.25, 0.3) is 0 Å². The van der Waals surface area contributed by atoms with Crippen molar-refractivity contribution >= 4 is 5.91 Å². The molecule has 1 aliphatic rings. The van der Waals surface area contributed by atoms with Gasteiger partial charge in [0.2, 0.25) is 5.91 Å². The molecular formula is C10H14N2O. The quantitative estimate of drug-likeness (QED) is 0.654. The Morgan fingerprint density at radius 2 is 2.46 bits per heavy atom. The van der Waals surface area contributed by atoms with Gasteiger partial charge in [-0.25, -0.2) is 0 Å². The van der Waals surface area contributed by atoms with Gasteiger partial charge in [-0.3, -0.25) is 4.79 Å². The number of hydrogen-bond acceptors (Lipinski definition) is 2. The van der Waals surface area contributed by atoms with Crippen molar-refractivity contribution in [3.05, 3.63) is 36.1 Å². The lowest BCUT2D eigenvalue weighted by molar-refractivity contribution is -0.123. The van der Waals surface area contributed by atoms with Crippen molar-refractivity contribution < 1.29 is 4.79 Å². The summed E-state index contributed by atoms with van der Waals surface area (Å²) in [5.74, 6) is -0.266. The van der Waals surface area contributed by atoms with Crippen LogP contribution in [0.4, 0.5) is 0 Å². The highest BCUT2D eigenvalue weighted by Crippen LogP contribution is 2.18. The van der Waals surface area contributed by atoms with Crippen LogP contribution in [0.5, 0.6) is 0 Å². The number of hydrogen-bond donors (Lipinski definition) is 2. The predicted octanol–water partition coefficient (Wildman–Crippen LogP) is 0.707. The van der Waals surface area contributed by atoms with Crippen LogP contribution in [-0.4, -0.2) is 12.5 Å². The summed E-state index contributed by atoms with van der Waals surface area (Å²) in [5, 5.41) is 2.74. The zero-order valence-electron chi connectivity index (χ0n) is 7.71. The van der Waals surface area contributed by atoms with Crippen LogP contribution >= 0.6 is 0 Å². The van der Waals surface area contributed by atoms with E-state index in [9.17, 15) is 4.79 Å². The standard InChI is InChI=1S/C10H14N2O/c1-3-4-8-5-7(2)12-10(13)9(8)6-11/h3-5,9H,1,6,11H2,2H3,(H,12,13)/b8-4-. The molecule has 1 atom stereocenters. The SMILES string of the molecule is C=C/C=C1/C=C(C)NC(=O)C1CN. The minimum atomic E-state index is -0.235. The number of nitrogens with two attached hydrogens (primary N) is 1. The molecule has 1 rings (SSSR count). The highest BCUT2D eigenvalue weighted by molar-refractivity contribution is 5.86. The summed E-state index contributed by atoms with van der Waals surface area (Å²) in [6, 6.07) is 0. The van der Waals surface area contributed by atoms with Gasteiger partial charge in [-0.05, 0) is 18.6 Å². The van der Waals surface area contributed by atoms with Crippen molar-refractivity contribution in [3.63, 3.8) is 0 Å². The Hall–Kier alpha value is -1.35. The first-order valence-electron chi connectivity index (χ1n) is 4.21. The third-order valence-corrected chi connectivity index (χ3v) is 1.97. The zero-order chi connectivity index (χ0) is 9.84. The van der Waals surface area contributed by atoms with E-state index in [0.717, 1.165) is 11.3 Å². The second kappa shape index (κ2) is 4.05. The van der Waals surface area contributed by atoms with E-state index in [1.165, 1.54) is 0 Å². The molecule has 3 heteroatoms. The van der Waals surface area contributed by atoms with Gasteiger partial charge in [0.1, 0.15) is 0 Å². The molecule has 0 saturated heterocycles. The summed E-state index contributed by atoms with van der Waals surface area (Å²) >= 11 is 0. The molecule has 1 aliphatic heterocycles. The lowest BCUT2D eigenvalue weighted by Gasteiger charge is -2.21. The highest BCUT2D eigenvalue weighted by Gasteiger charge is 2.23. The van der Waals surface area contributed by atoms with Crippen LogP contribution in [0.1, 0.15) is 6.92 Å². The fourth-order valence-corrected chi connectivity index (χ4v) is 1.36. The van der Waals surface area contributed by atoms with E-state index in [0.29, 0.717) is 6.54 Å². The van der Waals surface area contributed by atoms with Gasteiger partial charge in [0.15, 0.2) is 0 Å². The molecule has 70 valence electrons. The normalized spacial score (nSPS) is 25.4. The first-order chi connectivity index (χ1) is 6.19. The number of nitrogens with one attached hydrogen (secondary N) is 1. The maximum Gasteiger partial charge on any atom is 0.232 e. The van der Waals surface area contributed by atoms with Crippen LogP contribution in [0.25, 0.3) is 0 Å². The van der Waals surface area contributed by atoms with Crippen molar-refractivity contribution in [2.24, 2.45) is 11.7 Å². The molecule has 0 bridgehead atoms. The Labute approximate surface area is 78.0 Å². The first kappa shape index (κ1) is 9.74. The van der Waals surface area contributed by atoms with E-state index in [2.05, 4.69) is 11.9 Å². The summed E-state index contributed by atoms with van der Waals surface area (Å²) in [4.78, 5) is 11.4. The van der Waals surface area contributed by atoms with E-state index >= 15 is 0 Å². The number of carbonyl (C=O) groups excluding carboxylic acids is 1. The zero-order valence-corrected chi connectivity index (χ0v) is 7.71. The highest BCUT2D eigenvalue weighted by atomic mass is 16.1. The van der Waals surface area contributed by atoms with Crippen molar-refractivity contribution in [1.29, 1.82) is 0 Å². The van der Waals surface area contributed by atoms with Gasteiger partial charge >= 0.3 is 0 Å². The Balaban J connectivity index is 3.01. The Kier molecular flexibility index (Phi) is 3.03. The average molecular weight is 178 g/mol. The van der Waals surface area contributed by atoms with Gasteiger partial charge in [-0.15, -0.1) is 0 Å². The van der Waals surface area contributed by atoms with Crippen LogP contribution in [0, 0.1) is 5.92 Å². The molecule has 0 saturated carbocycles. The van der Waals surface area contributed by atoms with Crippen molar-refractivity contribution in [2.45, 2.75) is 6.92 Å². The predicted molar refractivity (Wildman–Crippen MR) is 52.7 cm³/mol. The molecular weight excluding hydrogens is 164 g/mol. The largest absolute Gasteiger partial charge is 0.329 e. The Morgan fingerprint density at radius 1 is 1.77 bits per heavy atom. The lowest BCUT2D eigenvalue weighted by Crippen LogP contribution is -2.38. The maximum absolute atomic E-state index is 11.4. The molecule has 0 aromatic carbocycles. The van der Waals surface area contributed by atoms with E-state index in [1.807, 2.05) is 19.1 Å². The van der Waals surface area contributed by atoms with Crippen LogP contribution in [0.2, 0.25) is 0 Å². The van der Waals surface area contributed by atoms with Crippen LogP contribution < -0.4 is 11.1 Å². The second-order valence-electron chi connectivity index (χ2n) is 3.01. The molecule has 0 aromatic heterocycles.